The molecule has 0 aromatic heterocycles. The van der Waals surface area contributed by atoms with Gasteiger partial charge in [0.25, 0.3) is 0 Å². The molecule has 14 heavy (non-hydrogen) atoms. The van der Waals surface area contributed by atoms with E-state index in [0.29, 0.717) is 5.75 Å². The molecule has 3 heteroatoms. The Kier molecular flexibility index (Phi) is 1.95. The second kappa shape index (κ2) is 3.01. The molecular weight excluding hydrogens is 180 g/mol. The van der Waals surface area contributed by atoms with Gasteiger partial charge in [-0.25, -0.2) is 4.79 Å². The maximum absolute atomic E-state index is 10.9. The maximum atomic E-state index is 10.9. The SMILES string of the molecule is Cc1cc2c(c(C(=O)O)c1)O[C@@H](C)C2. The first-order valence-electron chi connectivity index (χ1n) is 4.61. The molecule has 1 aliphatic rings. The first kappa shape index (κ1) is 9.06. The number of fused-ring (bicyclic) bond motifs is 1. The molecule has 2 rings (SSSR count). The number of benzene rings is 1. The van der Waals surface area contributed by atoms with Crippen molar-refractivity contribution in [2.45, 2.75) is 26.4 Å². The average Bonchev–Trinajstić information content (AvgIpc) is 2.42. The van der Waals surface area contributed by atoms with Crippen LogP contribution in [0.2, 0.25) is 0 Å². The van der Waals surface area contributed by atoms with E-state index in [0.717, 1.165) is 17.5 Å². The number of rotatable bonds is 1. The molecule has 3 nitrogen and oxygen atoms in total. The lowest BCUT2D eigenvalue weighted by atomic mass is 10.0. The van der Waals surface area contributed by atoms with Crippen LogP contribution in [0, 0.1) is 6.92 Å². The minimum absolute atomic E-state index is 0.0879. The molecule has 1 heterocycles. The van der Waals surface area contributed by atoms with E-state index in [-0.39, 0.29) is 11.7 Å². The number of aryl methyl sites for hydroxylation is 1. The van der Waals surface area contributed by atoms with E-state index in [1.54, 1.807) is 6.07 Å². The lowest BCUT2D eigenvalue weighted by molar-refractivity contribution is 0.0691. The van der Waals surface area contributed by atoms with Crippen LogP contribution in [0.15, 0.2) is 12.1 Å². The van der Waals surface area contributed by atoms with Crippen LogP contribution in [0.25, 0.3) is 0 Å². The highest BCUT2D eigenvalue weighted by atomic mass is 16.5. The second-order valence-electron chi connectivity index (χ2n) is 3.74. The molecule has 0 saturated carbocycles. The van der Waals surface area contributed by atoms with Gasteiger partial charge in [0.1, 0.15) is 17.4 Å². The minimum atomic E-state index is -0.918. The average molecular weight is 192 g/mol. The number of carboxylic acids is 1. The predicted molar refractivity (Wildman–Crippen MR) is 51.9 cm³/mol. The lowest BCUT2D eigenvalue weighted by Crippen LogP contribution is -2.07. The van der Waals surface area contributed by atoms with Crippen molar-refractivity contribution >= 4 is 5.97 Å². The van der Waals surface area contributed by atoms with Gasteiger partial charge in [0.05, 0.1) is 0 Å². The van der Waals surface area contributed by atoms with E-state index in [9.17, 15) is 4.79 Å². The Morgan fingerprint density at radius 1 is 1.57 bits per heavy atom. The number of aromatic carboxylic acids is 1. The van der Waals surface area contributed by atoms with Crippen LogP contribution in [-0.4, -0.2) is 17.2 Å². The van der Waals surface area contributed by atoms with Gasteiger partial charge in [-0.1, -0.05) is 6.07 Å². The van der Waals surface area contributed by atoms with Crippen LogP contribution in [0.5, 0.6) is 5.75 Å². The summed E-state index contributed by atoms with van der Waals surface area (Å²) in [5.74, 6) is -0.366. The van der Waals surface area contributed by atoms with E-state index < -0.39 is 5.97 Å². The highest BCUT2D eigenvalue weighted by Gasteiger charge is 2.25. The number of ether oxygens (including phenoxy) is 1. The highest BCUT2D eigenvalue weighted by Crippen LogP contribution is 2.33. The largest absolute Gasteiger partial charge is 0.489 e. The molecule has 0 bridgehead atoms. The fourth-order valence-corrected chi connectivity index (χ4v) is 1.85. The summed E-state index contributed by atoms with van der Waals surface area (Å²) < 4.78 is 5.47. The zero-order valence-corrected chi connectivity index (χ0v) is 8.20. The van der Waals surface area contributed by atoms with E-state index >= 15 is 0 Å². The van der Waals surface area contributed by atoms with Crippen LogP contribution in [0.1, 0.15) is 28.4 Å². The Morgan fingerprint density at radius 3 is 2.93 bits per heavy atom. The van der Waals surface area contributed by atoms with Gasteiger partial charge in [-0.2, -0.15) is 0 Å². The third kappa shape index (κ3) is 1.35. The molecule has 1 aromatic rings. The number of carboxylic acid groups (broad SMARTS) is 1. The van der Waals surface area contributed by atoms with Crippen molar-refractivity contribution in [1.82, 2.24) is 0 Å². The summed E-state index contributed by atoms with van der Waals surface area (Å²) in [6.45, 7) is 3.84. The zero-order valence-electron chi connectivity index (χ0n) is 8.20. The second-order valence-corrected chi connectivity index (χ2v) is 3.74. The molecule has 1 N–H and O–H groups in total. The van der Waals surface area contributed by atoms with E-state index in [1.165, 1.54) is 0 Å². The van der Waals surface area contributed by atoms with Crippen molar-refractivity contribution in [3.05, 3.63) is 28.8 Å². The molecule has 74 valence electrons. The summed E-state index contributed by atoms with van der Waals surface area (Å²) in [4.78, 5) is 10.9. The standard InChI is InChI=1S/C11H12O3/c1-6-3-8-5-7(2)14-10(8)9(4-6)11(12)13/h3-4,7H,5H2,1-2H3,(H,12,13)/t7-/m0/s1. The highest BCUT2D eigenvalue weighted by molar-refractivity contribution is 5.92. The molecular formula is C11H12O3. The molecule has 0 saturated heterocycles. The zero-order chi connectivity index (χ0) is 10.3. The molecule has 0 aliphatic carbocycles. The minimum Gasteiger partial charge on any atom is -0.489 e. The van der Waals surface area contributed by atoms with Crippen molar-refractivity contribution in [2.24, 2.45) is 0 Å². The fraction of sp³-hybridized carbons (Fsp3) is 0.364. The van der Waals surface area contributed by atoms with E-state index in [1.807, 2.05) is 19.9 Å². The number of hydrogen-bond donors (Lipinski definition) is 1. The molecule has 0 unspecified atom stereocenters. The number of carbonyl (C=O) groups is 1. The number of hydrogen-bond acceptors (Lipinski definition) is 2. The quantitative estimate of drug-likeness (QED) is 0.740. The van der Waals surface area contributed by atoms with E-state index in [2.05, 4.69) is 0 Å². The van der Waals surface area contributed by atoms with Crippen LogP contribution < -0.4 is 4.74 Å². The van der Waals surface area contributed by atoms with Crippen molar-refractivity contribution < 1.29 is 14.6 Å². The van der Waals surface area contributed by atoms with Crippen LogP contribution >= 0.6 is 0 Å². The maximum Gasteiger partial charge on any atom is 0.339 e. The van der Waals surface area contributed by atoms with Crippen molar-refractivity contribution in [3.63, 3.8) is 0 Å². The van der Waals surface area contributed by atoms with Gasteiger partial charge in [0, 0.05) is 6.42 Å². The molecule has 0 amide bonds. The van der Waals surface area contributed by atoms with Gasteiger partial charge in [-0.15, -0.1) is 0 Å². The van der Waals surface area contributed by atoms with Crippen LogP contribution in [-0.2, 0) is 6.42 Å². The van der Waals surface area contributed by atoms with Gasteiger partial charge in [0.15, 0.2) is 0 Å². The van der Waals surface area contributed by atoms with Gasteiger partial charge < -0.3 is 9.84 Å². The Balaban J connectivity index is 2.57. The Bertz CT molecular complexity index is 396. The van der Waals surface area contributed by atoms with Crippen LogP contribution in [0.3, 0.4) is 0 Å². The monoisotopic (exact) mass is 192 g/mol. The van der Waals surface area contributed by atoms with Crippen LogP contribution in [0.4, 0.5) is 0 Å². The van der Waals surface area contributed by atoms with Gasteiger partial charge >= 0.3 is 5.97 Å². The molecule has 0 spiro atoms. The topological polar surface area (TPSA) is 46.5 Å². The predicted octanol–water partition coefficient (Wildman–Crippen LogP) is 2.02. The van der Waals surface area contributed by atoms with Gasteiger partial charge in [-0.3, -0.25) is 0 Å². The summed E-state index contributed by atoms with van der Waals surface area (Å²) in [6.07, 6.45) is 0.891. The summed E-state index contributed by atoms with van der Waals surface area (Å²) >= 11 is 0. The third-order valence-electron chi connectivity index (χ3n) is 2.37. The smallest absolute Gasteiger partial charge is 0.339 e. The molecule has 1 aromatic carbocycles. The molecule has 1 aliphatic heterocycles. The van der Waals surface area contributed by atoms with Crippen molar-refractivity contribution in [1.29, 1.82) is 0 Å². The lowest BCUT2D eigenvalue weighted by Gasteiger charge is -2.06. The molecule has 0 radical (unpaired) electrons. The fourth-order valence-electron chi connectivity index (χ4n) is 1.85. The molecule has 0 fully saturated rings. The van der Waals surface area contributed by atoms with Crippen molar-refractivity contribution in [3.8, 4) is 5.75 Å². The summed E-state index contributed by atoms with van der Waals surface area (Å²) in [5, 5.41) is 8.98. The first-order valence-corrected chi connectivity index (χ1v) is 4.61. The Morgan fingerprint density at radius 2 is 2.29 bits per heavy atom. The third-order valence-corrected chi connectivity index (χ3v) is 2.37. The van der Waals surface area contributed by atoms with Gasteiger partial charge in [-0.05, 0) is 31.0 Å². The molecule has 1 atom stereocenters. The first-order chi connectivity index (χ1) is 6.58. The Hall–Kier alpha value is -1.51. The van der Waals surface area contributed by atoms with E-state index in [4.69, 9.17) is 9.84 Å². The summed E-state index contributed by atoms with van der Waals surface area (Å²) in [5.41, 5.74) is 2.26. The Labute approximate surface area is 82.3 Å². The normalized spacial score (nSPS) is 18.9. The van der Waals surface area contributed by atoms with Gasteiger partial charge in [0.2, 0.25) is 0 Å². The summed E-state index contributed by atoms with van der Waals surface area (Å²) in [7, 11) is 0. The van der Waals surface area contributed by atoms with Crippen molar-refractivity contribution in [2.75, 3.05) is 0 Å². The summed E-state index contributed by atoms with van der Waals surface area (Å²) in [6, 6.07) is 3.64.